The number of carbonyl (C=O) groups is 4. The molecule has 2 rings (SSSR count). The van der Waals surface area contributed by atoms with E-state index in [2.05, 4.69) is 0 Å². The Bertz CT molecular complexity index is 836. The van der Waals surface area contributed by atoms with Gasteiger partial charge < -0.3 is 27.8 Å². The lowest BCUT2D eigenvalue weighted by Gasteiger charge is -2.14. The van der Waals surface area contributed by atoms with Crippen LogP contribution in [-0.4, -0.2) is 50.3 Å². The highest BCUT2D eigenvalue weighted by Crippen LogP contribution is 2.12. The van der Waals surface area contributed by atoms with E-state index in [1.807, 2.05) is 41.5 Å². The van der Waals surface area contributed by atoms with Crippen molar-refractivity contribution < 1.29 is 47.0 Å². The van der Waals surface area contributed by atoms with E-state index < -0.39 is 11.9 Å². The monoisotopic (exact) mass is 508 g/mol. The van der Waals surface area contributed by atoms with E-state index in [-0.39, 0.29) is 73.6 Å². The van der Waals surface area contributed by atoms with E-state index in [0.29, 0.717) is 0 Å². The minimum absolute atomic E-state index is 0.0239. The first-order valence-electron chi connectivity index (χ1n) is 11.8. The minimum atomic E-state index is -0.562. The van der Waals surface area contributed by atoms with Gasteiger partial charge in [0, 0.05) is 0 Å². The average Bonchev–Trinajstić information content (AvgIpc) is 3.58. The molecular formula is C26H36O10. The third kappa shape index (κ3) is 11.2. The zero-order valence-electron chi connectivity index (χ0n) is 21.7. The van der Waals surface area contributed by atoms with Crippen molar-refractivity contribution in [2.45, 2.75) is 41.5 Å². The molecule has 2 aromatic rings. The molecule has 0 aliphatic carbocycles. The molecule has 2 unspecified atom stereocenters. The summed E-state index contributed by atoms with van der Waals surface area (Å²) in [5.41, 5.74) is 0. The van der Waals surface area contributed by atoms with Crippen molar-refractivity contribution in [3.8, 4) is 0 Å². The van der Waals surface area contributed by atoms with Gasteiger partial charge in [-0.3, -0.25) is 9.59 Å². The largest absolute Gasteiger partial charge is 0.462 e. The third-order valence-electron chi connectivity index (χ3n) is 5.31. The predicted octanol–water partition coefficient (Wildman–Crippen LogP) is 4.54. The lowest BCUT2D eigenvalue weighted by Crippen LogP contribution is -2.22. The molecule has 0 aliphatic heterocycles. The van der Waals surface area contributed by atoms with Crippen molar-refractivity contribution in [2.24, 2.45) is 23.7 Å². The molecule has 0 amide bonds. The van der Waals surface area contributed by atoms with Gasteiger partial charge in [0.1, 0.15) is 26.4 Å². The van der Waals surface area contributed by atoms with Crippen LogP contribution >= 0.6 is 0 Å². The zero-order chi connectivity index (χ0) is 27.1. The molecule has 2 aromatic heterocycles. The van der Waals surface area contributed by atoms with E-state index in [1.54, 1.807) is 12.1 Å². The Hall–Kier alpha value is -3.56. The van der Waals surface area contributed by atoms with Crippen LogP contribution in [0.25, 0.3) is 0 Å². The third-order valence-corrected chi connectivity index (χ3v) is 5.31. The van der Waals surface area contributed by atoms with Crippen molar-refractivity contribution in [1.29, 1.82) is 0 Å². The second kappa shape index (κ2) is 16.2. The van der Waals surface area contributed by atoms with Crippen LogP contribution in [0, 0.1) is 23.7 Å². The molecule has 0 aliphatic rings. The van der Waals surface area contributed by atoms with Gasteiger partial charge in [-0.1, -0.05) is 41.5 Å². The molecule has 0 fully saturated rings. The number of ether oxygens (including phenoxy) is 4. The van der Waals surface area contributed by atoms with Crippen LogP contribution in [0.1, 0.15) is 62.7 Å². The Labute approximate surface area is 211 Å². The standard InChI is InChI=1S/2C13H18O5/c2*1-9(2)10(3)12(14)17-7-8-18-13(15)11-5-4-6-16-11/h2*4-6,9-10H,7-8H2,1-3H3. The summed E-state index contributed by atoms with van der Waals surface area (Å²) in [6.07, 6.45) is 2.78. The van der Waals surface area contributed by atoms with Crippen molar-refractivity contribution in [3.63, 3.8) is 0 Å². The first kappa shape index (κ1) is 30.5. The molecule has 2 atom stereocenters. The summed E-state index contributed by atoms with van der Waals surface area (Å²) in [5.74, 6) is -1.28. The average molecular weight is 509 g/mol. The first-order valence-corrected chi connectivity index (χ1v) is 11.8. The van der Waals surface area contributed by atoms with E-state index in [4.69, 9.17) is 27.8 Å². The summed E-state index contributed by atoms with van der Waals surface area (Å²) in [5, 5.41) is 0. The molecule has 0 N–H and O–H groups in total. The molecule has 0 bridgehead atoms. The first-order chi connectivity index (χ1) is 17.0. The summed E-state index contributed by atoms with van der Waals surface area (Å²) >= 11 is 0. The SMILES string of the molecule is CC(C)C(C)C(=O)OCCOC(=O)c1ccco1.CC(C)C(C)C(=O)OCCOC(=O)c1ccco1. The van der Waals surface area contributed by atoms with Gasteiger partial charge >= 0.3 is 23.9 Å². The molecule has 200 valence electrons. The normalized spacial score (nSPS) is 12.2. The Morgan fingerprint density at radius 1 is 0.611 bits per heavy atom. The van der Waals surface area contributed by atoms with Crippen molar-refractivity contribution >= 4 is 23.9 Å². The summed E-state index contributed by atoms with van der Waals surface area (Å²) in [6.45, 7) is 11.6. The maximum absolute atomic E-state index is 11.5. The highest BCUT2D eigenvalue weighted by molar-refractivity contribution is 5.86. The highest BCUT2D eigenvalue weighted by atomic mass is 16.6. The lowest BCUT2D eigenvalue weighted by atomic mass is 9.99. The van der Waals surface area contributed by atoms with Crippen LogP contribution < -0.4 is 0 Å². The molecule has 2 heterocycles. The summed E-state index contributed by atoms with van der Waals surface area (Å²) < 4.78 is 29.4. The van der Waals surface area contributed by atoms with Gasteiger partial charge in [-0.15, -0.1) is 0 Å². The second-order valence-corrected chi connectivity index (χ2v) is 8.63. The van der Waals surface area contributed by atoms with Gasteiger partial charge in [-0.05, 0) is 36.1 Å². The summed E-state index contributed by atoms with van der Waals surface area (Å²) in [6, 6.07) is 6.21. The van der Waals surface area contributed by atoms with E-state index in [9.17, 15) is 19.2 Å². The van der Waals surface area contributed by atoms with Crippen molar-refractivity contribution in [1.82, 2.24) is 0 Å². The molecule has 0 radical (unpaired) electrons. The second-order valence-electron chi connectivity index (χ2n) is 8.63. The molecule has 0 aromatic carbocycles. The van der Waals surface area contributed by atoms with Crippen LogP contribution in [0.4, 0.5) is 0 Å². The van der Waals surface area contributed by atoms with E-state index in [0.717, 1.165) is 0 Å². The molecule has 0 spiro atoms. The minimum Gasteiger partial charge on any atom is -0.462 e. The van der Waals surface area contributed by atoms with Gasteiger partial charge in [0.15, 0.2) is 0 Å². The van der Waals surface area contributed by atoms with Crippen LogP contribution in [-0.2, 0) is 28.5 Å². The van der Waals surface area contributed by atoms with Crippen LogP contribution in [0.15, 0.2) is 45.6 Å². The number of esters is 4. The maximum atomic E-state index is 11.5. The Kier molecular flexibility index (Phi) is 13.7. The van der Waals surface area contributed by atoms with Crippen molar-refractivity contribution in [2.75, 3.05) is 26.4 Å². The van der Waals surface area contributed by atoms with E-state index in [1.165, 1.54) is 24.7 Å². The van der Waals surface area contributed by atoms with Gasteiger partial charge in [0.2, 0.25) is 11.5 Å². The maximum Gasteiger partial charge on any atom is 0.374 e. The topological polar surface area (TPSA) is 131 Å². The molecule has 10 heteroatoms. The van der Waals surface area contributed by atoms with Gasteiger partial charge in [-0.2, -0.15) is 0 Å². The van der Waals surface area contributed by atoms with Crippen LogP contribution in [0.5, 0.6) is 0 Å². The fourth-order valence-electron chi connectivity index (χ4n) is 2.29. The number of furan rings is 2. The lowest BCUT2D eigenvalue weighted by molar-refractivity contribution is -0.151. The smallest absolute Gasteiger partial charge is 0.374 e. The van der Waals surface area contributed by atoms with Gasteiger partial charge in [0.05, 0.1) is 24.4 Å². The van der Waals surface area contributed by atoms with Gasteiger partial charge in [-0.25, -0.2) is 9.59 Å². The van der Waals surface area contributed by atoms with E-state index >= 15 is 0 Å². The molecular weight excluding hydrogens is 472 g/mol. The number of rotatable bonds is 12. The zero-order valence-corrected chi connectivity index (χ0v) is 21.7. The summed E-state index contributed by atoms with van der Waals surface area (Å²) in [4.78, 5) is 45.6. The summed E-state index contributed by atoms with van der Waals surface area (Å²) in [7, 11) is 0. The fourth-order valence-corrected chi connectivity index (χ4v) is 2.29. The predicted molar refractivity (Wildman–Crippen MR) is 128 cm³/mol. The molecule has 36 heavy (non-hydrogen) atoms. The Morgan fingerprint density at radius 2 is 0.944 bits per heavy atom. The number of hydrogen-bond acceptors (Lipinski definition) is 10. The molecule has 10 nitrogen and oxygen atoms in total. The highest BCUT2D eigenvalue weighted by Gasteiger charge is 2.19. The fraction of sp³-hybridized carbons (Fsp3) is 0.538. The van der Waals surface area contributed by atoms with Crippen LogP contribution in [0.2, 0.25) is 0 Å². The van der Waals surface area contributed by atoms with Crippen molar-refractivity contribution in [3.05, 3.63) is 48.3 Å². The Morgan fingerprint density at radius 3 is 1.22 bits per heavy atom. The van der Waals surface area contributed by atoms with Crippen LogP contribution in [0.3, 0.4) is 0 Å². The van der Waals surface area contributed by atoms with Gasteiger partial charge in [0.25, 0.3) is 0 Å². The molecule has 0 saturated heterocycles. The number of carbonyl (C=O) groups excluding carboxylic acids is 4. The Balaban J connectivity index is 0.000000360. The molecule has 0 saturated carbocycles. The quantitative estimate of drug-likeness (QED) is 0.229. The number of hydrogen-bond donors (Lipinski definition) is 0.